The van der Waals surface area contributed by atoms with Crippen LogP contribution in [-0.2, 0) is 6.54 Å². The molecule has 0 aliphatic heterocycles. The monoisotopic (exact) mass is 243 g/mol. The Kier molecular flexibility index (Phi) is 3.46. The van der Waals surface area contributed by atoms with Crippen LogP contribution in [0.1, 0.15) is 32.7 Å². The molecular formula is C14H17N3O. The first kappa shape index (κ1) is 12.4. The highest BCUT2D eigenvalue weighted by Crippen LogP contribution is 2.11. The Morgan fingerprint density at radius 3 is 2.78 bits per heavy atom. The molecule has 0 saturated carbocycles. The van der Waals surface area contributed by atoms with Crippen LogP contribution in [0, 0.1) is 20.8 Å². The molecule has 1 aromatic heterocycles. The van der Waals surface area contributed by atoms with Gasteiger partial charge in [-0.1, -0.05) is 17.7 Å². The normalized spacial score (nSPS) is 10.4. The Hall–Kier alpha value is -2.10. The van der Waals surface area contributed by atoms with Gasteiger partial charge < -0.3 is 5.32 Å². The number of amides is 1. The van der Waals surface area contributed by atoms with E-state index < -0.39 is 0 Å². The molecule has 1 aromatic carbocycles. The molecule has 0 unspecified atom stereocenters. The van der Waals surface area contributed by atoms with Gasteiger partial charge in [-0.15, -0.1) is 0 Å². The molecule has 0 fully saturated rings. The van der Waals surface area contributed by atoms with Gasteiger partial charge in [0.1, 0.15) is 0 Å². The van der Waals surface area contributed by atoms with Gasteiger partial charge in [-0.25, -0.2) is 0 Å². The summed E-state index contributed by atoms with van der Waals surface area (Å²) in [5.41, 5.74) is 4.80. The maximum atomic E-state index is 12.1. The smallest absolute Gasteiger partial charge is 0.251 e. The number of nitrogens with zero attached hydrogens (tertiary/aromatic N) is 1. The molecule has 2 rings (SSSR count). The third-order valence-electron chi connectivity index (χ3n) is 3.01. The standard InChI is InChI=1S/C14H17N3O/c1-9-4-5-10(2)13(6-9)14(18)15-7-12-8-16-17-11(12)3/h4-6,8H,7H2,1-3H3,(H,15,18)(H,16,17). The number of aromatic nitrogens is 2. The largest absolute Gasteiger partial charge is 0.348 e. The van der Waals surface area contributed by atoms with Crippen LogP contribution in [0.4, 0.5) is 0 Å². The van der Waals surface area contributed by atoms with Crippen LogP contribution >= 0.6 is 0 Å². The Morgan fingerprint density at radius 1 is 1.33 bits per heavy atom. The van der Waals surface area contributed by atoms with Crippen molar-refractivity contribution in [2.24, 2.45) is 0 Å². The summed E-state index contributed by atoms with van der Waals surface area (Å²) in [6, 6.07) is 5.88. The molecule has 0 aliphatic carbocycles. The predicted octanol–water partition coefficient (Wildman–Crippen LogP) is 2.26. The number of H-pyrrole nitrogens is 1. The summed E-state index contributed by atoms with van der Waals surface area (Å²) >= 11 is 0. The van der Waals surface area contributed by atoms with Crippen molar-refractivity contribution < 1.29 is 4.79 Å². The molecule has 0 aliphatic rings. The highest BCUT2D eigenvalue weighted by atomic mass is 16.1. The number of hydrogen-bond acceptors (Lipinski definition) is 2. The van der Waals surface area contributed by atoms with E-state index in [1.165, 1.54) is 0 Å². The molecule has 0 spiro atoms. The lowest BCUT2D eigenvalue weighted by Crippen LogP contribution is -2.23. The number of aryl methyl sites for hydroxylation is 3. The first-order chi connectivity index (χ1) is 8.58. The van der Waals surface area contributed by atoms with E-state index >= 15 is 0 Å². The minimum Gasteiger partial charge on any atom is -0.348 e. The number of carbonyl (C=O) groups excluding carboxylic acids is 1. The zero-order valence-corrected chi connectivity index (χ0v) is 10.9. The van der Waals surface area contributed by atoms with Crippen molar-refractivity contribution in [3.63, 3.8) is 0 Å². The highest BCUT2D eigenvalue weighted by Gasteiger charge is 2.09. The van der Waals surface area contributed by atoms with Crippen molar-refractivity contribution in [2.75, 3.05) is 0 Å². The maximum Gasteiger partial charge on any atom is 0.251 e. The van der Waals surface area contributed by atoms with Crippen LogP contribution in [0.25, 0.3) is 0 Å². The number of nitrogens with one attached hydrogen (secondary N) is 2. The fraction of sp³-hybridized carbons (Fsp3) is 0.286. The van der Waals surface area contributed by atoms with Gasteiger partial charge in [0.15, 0.2) is 0 Å². The van der Waals surface area contributed by atoms with Crippen molar-refractivity contribution in [3.05, 3.63) is 52.3 Å². The number of hydrogen-bond donors (Lipinski definition) is 2. The molecule has 0 radical (unpaired) electrons. The van der Waals surface area contributed by atoms with Gasteiger partial charge in [0.2, 0.25) is 0 Å². The Balaban J connectivity index is 2.08. The van der Waals surface area contributed by atoms with Crippen LogP contribution in [0.3, 0.4) is 0 Å². The van der Waals surface area contributed by atoms with E-state index in [0.717, 1.165) is 27.9 Å². The van der Waals surface area contributed by atoms with Crippen LogP contribution in [-0.4, -0.2) is 16.1 Å². The molecule has 0 saturated heterocycles. The van der Waals surface area contributed by atoms with Gasteiger partial charge in [0.05, 0.1) is 6.20 Å². The first-order valence-corrected chi connectivity index (χ1v) is 5.92. The minimum atomic E-state index is -0.0446. The Labute approximate surface area is 106 Å². The van der Waals surface area contributed by atoms with Crippen molar-refractivity contribution in [3.8, 4) is 0 Å². The fourth-order valence-corrected chi connectivity index (χ4v) is 1.81. The number of carbonyl (C=O) groups is 1. The van der Waals surface area contributed by atoms with Gasteiger partial charge in [-0.05, 0) is 32.4 Å². The summed E-state index contributed by atoms with van der Waals surface area (Å²) < 4.78 is 0. The van der Waals surface area contributed by atoms with E-state index in [9.17, 15) is 4.79 Å². The summed E-state index contributed by atoms with van der Waals surface area (Å²) in [6.45, 7) is 6.36. The van der Waals surface area contributed by atoms with Gasteiger partial charge in [0.25, 0.3) is 5.91 Å². The van der Waals surface area contributed by atoms with Crippen molar-refractivity contribution in [2.45, 2.75) is 27.3 Å². The quantitative estimate of drug-likeness (QED) is 0.868. The Morgan fingerprint density at radius 2 is 2.11 bits per heavy atom. The second-order valence-corrected chi connectivity index (χ2v) is 4.52. The van der Waals surface area contributed by atoms with Gasteiger partial charge in [-0.3, -0.25) is 9.89 Å². The summed E-state index contributed by atoms with van der Waals surface area (Å²) in [5, 5.41) is 9.69. The third-order valence-corrected chi connectivity index (χ3v) is 3.01. The van der Waals surface area contributed by atoms with Crippen molar-refractivity contribution in [1.29, 1.82) is 0 Å². The minimum absolute atomic E-state index is 0.0446. The summed E-state index contributed by atoms with van der Waals surface area (Å²) in [6.07, 6.45) is 1.73. The molecule has 4 heteroatoms. The number of rotatable bonds is 3. The zero-order chi connectivity index (χ0) is 13.1. The zero-order valence-electron chi connectivity index (χ0n) is 10.9. The second kappa shape index (κ2) is 5.04. The molecule has 1 amide bonds. The van der Waals surface area contributed by atoms with Crippen molar-refractivity contribution in [1.82, 2.24) is 15.5 Å². The average Bonchev–Trinajstić information content (AvgIpc) is 2.75. The van der Waals surface area contributed by atoms with Gasteiger partial charge >= 0.3 is 0 Å². The molecule has 94 valence electrons. The number of aromatic amines is 1. The molecule has 4 nitrogen and oxygen atoms in total. The Bertz CT molecular complexity index is 572. The maximum absolute atomic E-state index is 12.1. The van der Waals surface area contributed by atoms with Crippen LogP contribution < -0.4 is 5.32 Å². The van der Waals surface area contributed by atoms with E-state index in [4.69, 9.17) is 0 Å². The van der Waals surface area contributed by atoms with E-state index in [0.29, 0.717) is 6.54 Å². The molecule has 0 atom stereocenters. The van der Waals surface area contributed by atoms with E-state index in [2.05, 4.69) is 15.5 Å². The topological polar surface area (TPSA) is 57.8 Å². The molecule has 0 bridgehead atoms. The third kappa shape index (κ3) is 2.59. The summed E-state index contributed by atoms with van der Waals surface area (Å²) in [5.74, 6) is -0.0446. The number of benzene rings is 1. The summed E-state index contributed by atoms with van der Waals surface area (Å²) in [7, 11) is 0. The van der Waals surface area contributed by atoms with Gasteiger partial charge in [0, 0.05) is 23.4 Å². The van der Waals surface area contributed by atoms with E-state index in [-0.39, 0.29) is 5.91 Å². The van der Waals surface area contributed by atoms with E-state index in [1.54, 1.807) is 6.20 Å². The van der Waals surface area contributed by atoms with Crippen molar-refractivity contribution >= 4 is 5.91 Å². The van der Waals surface area contributed by atoms with Gasteiger partial charge in [-0.2, -0.15) is 5.10 Å². The summed E-state index contributed by atoms with van der Waals surface area (Å²) in [4.78, 5) is 12.1. The SMILES string of the molecule is Cc1ccc(C)c(C(=O)NCc2cn[nH]c2C)c1. The molecule has 2 N–H and O–H groups in total. The highest BCUT2D eigenvalue weighted by molar-refractivity contribution is 5.95. The van der Waals surface area contributed by atoms with Crippen LogP contribution in [0.5, 0.6) is 0 Å². The molecule has 2 aromatic rings. The van der Waals surface area contributed by atoms with Crippen LogP contribution in [0.15, 0.2) is 24.4 Å². The lowest BCUT2D eigenvalue weighted by molar-refractivity contribution is 0.0950. The molecular weight excluding hydrogens is 226 g/mol. The lowest BCUT2D eigenvalue weighted by Gasteiger charge is -2.08. The predicted molar refractivity (Wildman–Crippen MR) is 70.4 cm³/mol. The van der Waals surface area contributed by atoms with E-state index in [1.807, 2.05) is 39.0 Å². The second-order valence-electron chi connectivity index (χ2n) is 4.52. The first-order valence-electron chi connectivity index (χ1n) is 5.92. The lowest BCUT2D eigenvalue weighted by atomic mass is 10.1. The molecule has 18 heavy (non-hydrogen) atoms. The average molecular weight is 243 g/mol. The fourth-order valence-electron chi connectivity index (χ4n) is 1.81. The van der Waals surface area contributed by atoms with Crippen LogP contribution in [0.2, 0.25) is 0 Å². The molecule has 1 heterocycles.